The Morgan fingerprint density at radius 2 is 2.14 bits per heavy atom. The van der Waals surface area contributed by atoms with E-state index in [1.54, 1.807) is 12.3 Å². The van der Waals surface area contributed by atoms with Crippen molar-refractivity contribution in [3.05, 3.63) is 77.5 Å². The molecule has 182 valence electrons. The Kier molecular flexibility index (Phi) is 6.29. The average molecular weight is 479 g/mol. The number of nitrogens with one attached hydrogen (secondary N) is 1. The number of pyridine rings is 1. The van der Waals surface area contributed by atoms with Gasteiger partial charge in [-0.25, -0.2) is 19.9 Å². The zero-order valence-corrected chi connectivity index (χ0v) is 19.3. The Balaban J connectivity index is 1.21. The number of nitrogens with zero attached hydrogens (tertiary/aromatic N) is 7. The van der Waals surface area contributed by atoms with Crippen molar-refractivity contribution in [3.63, 3.8) is 0 Å². The highest BCUT2D eigenvalue weighted by Gasteiger charge is 2.23. The Hall–Kier alpha value is -4.03. The number of fused-ring (bicyclic) bond motifs is 1. The summed E-state index contributed by atoms with van der Waals surface area (Å²) in [6, 6.07) is 7.40. The maximum Gasteiger partial charge on any atom is 0.171 e. The molecule has 4 aromatic rings. The second-order valence-corrected chi connectivity index (χ2v) is 8.55. The van der Waals surface area contributed by atoms with Gasteiger partial charge in [-0.1, -0.05) is 6.07 Å². The average Bonchev–Trinajstić information content (AvgIpc) is 3.39. The van der Waals surface area contributed by atoms with Crippen LogP contribution < -0.4 is 21.6 Å². The summed E-state index contributed by atoms with van der Waals surface area (Å²) in [5.74, 6) is 6.47. The number of tetrazole rings is 1. The summed E-state index contributed by atoms with van der Waals surface area (Å²) in [5.41, 5.74) is 10.6. The molecule has 0 radical (unpaired) electrons. The molecule has 11 nitrogen and oxygen atoms in total. The van der Waals surface area contributed by atoms with Crippen molar-refractivity contribution >= 4 is 5.65 Å². The maximum atomic E-state index is 14.9. The summed E-state index contributed by atoms with van der Waals surface area (Å²) in [5, 5.41) is 15.7. The molecule has 1 aliphatic carbocycles. The number of methoxy groups -OCH3 is 1. The molecule has 0 saturated heterocycles. The van der Waals surface area contributed by atoms with Crippen molar-refractivity contribution in [2.45, 2.75) is 31.8 Å². The van der Waals surface area contributed by atoms with Crippen LogP contribution in [-0.2, 0) is 13.1 Å². The second-order valence-electron chi connectivity index (χ2n) is 8.55. The number of imidazole rings is 1. The first kappa shape index (κ1) is 22.7. The second kappa shape index (κ2) is 9.68. The van der Waals surface area contributed by atoms with Gasteiger partial charge in [-0.15, -0.1) is 5.10 Å². The standard InChI is InChI=1S/C23H27FN10O/c1-35-21-6-5-20(34-14-28-30-31-34)19(23(21)24)9-27-8-17(25)11-33(26)13-18-12-32-10-16(15-2-3-15)4-7-22(32)29-18/h4-7,10-12,14-15,27H,2-3,8-9,13,25-26H2,1H3/b17-11-. The Labute approximate surface area is 201 Å². The zero-order valence-electron chi connectivity index (χ0n) is 19.3. The Morgan fingerprint density at radius 1 is 1.29 bits per heavy atom. The number of hydrogen-bond donors (Lipinski definition) is 3. The van der Waals surface area contributed by atoms with E-state index in [2.05, 4.69) is 38.1 Å². The number of hydrogen-bond acceptors (Lipinski definition) is 9. The third-order valence-electron chi connectivity index (χ3n) is 5.88. The summed E-state index contributed by atoms with van der Waals surface area (Å²) in [6.45, 7) is 0.859. The van der Waals surface area contributed by atoms with Crippen LogP contribution in [0.5, 0.6) is 5.75 Å². The number of nitrogens with two attached hydrogens (primary N) is 2. The fourth-order valence-electron chi connectivity index (χ4n) is 4.02. The van der Waals surface area contributed by atoms with Gasteiger partial charge in [0, 0.05) is 42.9 Å². The summed E-state index contributed by atoms with van der Waals surface area (Å²) in [6.07, 6.45) is 9.67. The molecule has 0 atom stereocenters. The van der Waals surface area contributed by atoms with Gasteiger partial charge in [0.2, 0.25) is 0 Å². The molecule has 5 N–H and O–H groups in total. The number of halogens is 1. The highest BCUT2D eigenvalue weighted by atomic mass is 19.1. The Bertz CT molecular complexity index is 1350. The van der Waals surface area contributed by atoms with Crippen LogP contribution in [0.2, 0.25) is 0 Å². The summed E-state index contributed by atoms with van der Waals surface area (Å²) >= 11 is 0. The molecule has 0 amide bonds. The van der Waals surface area contributed by atoms with Crippen LogP contribution in [0.25, 0.3) is 11.3 Å². The molecule has 5 rings (SSSR count). The molecule has 0 spiro atoms. The largest absolute Gasteiger partial charge is 0.494 e. The van der Waals surface area contributed by atoms with Gasteiger partial charge in [-0.2, -0.15) is 0 Å². The van der Waals surface area contributed by atoms with E-state index in [1.165, 1.54) is 47.6 Å². The van der Waals surface area contributed by atoms with Gasteiger partial charge in [-0.05, 0) is 52.9 Å². The van der Waals surface area contributed by atoms with Crippen LogP contribution in [0, 0.1) is 5.82 Å². The molecule has 1 aromatic carbocycles. The van der Waals surface area contributed by atoms with Gasteiger partial charge >= 0.3 is 0 Å². The van der Waals surface area contributed by atoms with Crippen molar-refractivity contribution in [3.8, 4) is 11.4 Å². The molecule has 0 bridgehead atoms. The van der Waals surface area contributed by atoms with Gasteiger partial charge in [0.1, 0.15) is 12.0 Å². The first-order chi connectivity index (χ1) is 17.0. The number of ether oxygens (including phenoxy) is 1. The van der Waals surface area contributed by atoms with Crippen LogP contribution >= 0.6 is 0 Å². The van der Waals surface area contributed by atoms with Crippen LogP contribution in [0.3, 0.4) is 0 Å². The van der Waals surface area contributed by atoms with Crippen LogP contribution in [0.15, 0.2) is 54.9 Å². The number of benzene rings is 1. The molecule has 3 aromatic heterocycles. The number of aromatic nitrogens is 6. The van der Waals surface area contributed by atoms with E-state index in [9.17, 15) is 4.39 Å². The zero-order chi connectivity index (χ0) is 24.4. The molecule has 12 heteroatoms. The third kappa shape index (κ3) is 5.08. The molecule has 35 heavy (non-hydrogen) atoms. The molecule has 1 saturated carbocycles. The minimum absolute atomic E-state index is 0.131. The molecular weight excluding hydrogens is 451 g/mol. The topological polar surface area (TPSA) is 137 Å². The van der Waals surface area contributed by atoms with Crippen molar-refractivity contribution in [1.29, 1.82) is 0 Å². The van der Waals surface area contributed by atoms with Gasteiger partial charge in [0.25, 0.3) is 0 Å². The lowest BCUT2D eigenvalue weighted by Gasteiger charge is -2.15. The van der Waals surface area contributed by atoms with Gasteiger partial charge < -0.3 is 25.2 Å². The van der Waals surface area contributed by atoms with E-state index in [0.29, 0.717) is 29.4 Å². The summed E-state index contributed by atoms with van der Waals surface area (Å²) in [7, 11) is 1.41. The van der Waals surface area contributed by atoms with Gasteiger partial charge in [-0.3, -0.25) is 0 Å². The fraction of sp³-hybridized carbons (Fsp3) is 0.304. The normalized spacial score (nSPS) is 14.0. The van der Waals surface area contributed by atoms with Crippen LogP contribution in [0.1, 0.15) is 35.6 Å². The third-order valence-corrected chi connectivity index (χ3v) is 5.88. The van der Waals surface area contributed by atoms with Crippen molar-refractivity contribution in [2.24, 2.45) is 11.6 Å². The molecule has 0 unspecified atom stereocenters. The minimum Gasteiger partial charge on any atom is -0.494 e. The van der Waals surface area contributed by atoms with E-state index in [1.807, 2.05) is 16.7 Å². The molecule has 3 heterocycles. The van der Waals surface area contributed by atoms with Crippen molar-refractivity contribution < 1.29 is 9.13 Å². The van der Waals surface area contributed by atoms with Crippen LogP contribution in [-0.4, -0.2) is 48.3 Å². The van der Waals surface area contributed by atoms with E-state index in [-0.39, 0.29) is 18.8 Å². The molecule has 1 aliphatic rings. The minimum atomic E-state index is -0.493. The first-order valence-electron chi connectivity index (χ1n) is 11.3. The van der Waals surface area contributed by atoms with Crippen molar-refractivity contribution in [2.75, 3.05) is 13.7 Å². The van der Waals surface area contributed by atoms with E-state index >= 15 is 0 Å². The summed E-state index contributed by atoms with van der Waals surface area (Å²) in [4.78, 5) is 4.63. The smallest absolute Gasteiger partial charge is 0.171 e. The van der Waals surface area contributed by atoms with E-state index in [0.717, 1.165) is 11.3 Å². The molecular formula is C23H27FN10O. The quantitative estimate of drug-likeness (QED) is 0.229. The van der Waals surface area contributed by atoms with Crippen LogP contribution in [0.4, 0.5) is 4.39 Å². The van der Waals surface area contributed by atoms with E-state index in [4.69, 9.17) is 16.3 Å². The lowest BCUT2D eigenvalue weighted by atomic mass is 10.1. The lowest BCUT2D eigenvalue weighted by Crippen LogP contribution is -2.29. The Morgan fingerprint density at radius 3 is 2.89 bits per heavy atom. The van der Waals surface area contributed by atoms with Gasteiger partial charge in [0.15, 0.2) is 11.6 Å². The SMILES string of the molecule is COc1ccc(-n2cnnn2)c(CNC/C(N)=C/N(N)Cc2cn3cc(C4CC4)ccc3n2)c1F. The lowest BCUT2D eigenvalue weighted by molar-refractivity contribution is 0.377. The summed E-state index contributed by atoms with van der Waals surface area (Å²) < 4.78 is 23.5. The monoisotopic (exact) mass is 478 g/mol. The predicted molar refractivity (Wildman–Crippen MR) is 127 cm³/mol. The number of hydrazine groups is 1. The highest BCUT2D eigenvalue weighted by Crippen LogP contribution is 2.39. The highest BCUT2D eigenvalue weighted by molar-refractivity contribution is 5.46. The molecule has 1 fully saturated rings. The van der Waals surface area contributed by atoms with Crippen molar-refractivity contribution in [1.82, 2.24) is 39.9 Å². The first-order valence-corrected chi connectivity index (χ1v) is 11.3. The fourth-order valence-corrected chi connectivity index (χ4v) is 4.02. The predicted octanol–water partition coefficient (Wildman–Crippen LogP) is 1.60. The number of rotatable bonds is 10. The molecule has 0 aliphatic heterocycles. The van der Waals surface area contributed by atoms with E-state index < -0.39 is 5.82 Å². The van der Waals surface area contributed by atoms with Gasteiger partial charge in [0.05, 0.1) is 25.0 Å². The maximum absolute atomic E-state index is 14.9.